The lowest BCUT2D eigenvalue weighted by Crippen LogP contribution is -2.44. The molecule has 98 valence electrons. The molecule has 1 saturated heterocycles. The summed E-state index contributed by atoms with van der Waals surface area (Å²) in [6.45, 7) is 1.22. The smallest absolute Gasteiger partial charge is 0.314 e. The number of carbonyl (C=O) groups is 1. The van der Waals surface area contributed by atoms with E-state index in [1.165, 1.54) is 6.07 Å². The first-order chi connectivity index (χ1) is 8.58. The van der Waals surface area contributed by atoms with Crippen LogP contribution in [0.1, 0.15) is 12.8 Å². The number of benzene rings is 1. The zero-order valence-electron chi connectivity index (χ0n) is 9.83. The summed E-state index contributed by atoms with van der Waals surface area (Å²) in [5.41, 5.74) is 5.69. The highest BCUT2D eigenvalue weighted by molar-refractivity contribution is 9.10. The number of nitrogens with two attached hydrogens (primary N) is 1. The minimum absolute atomic E-state index is 0.161. The van der Waals surface area contributed by atoms with Crippen molar-refractivity contribution < 1.29 is 9.18 Å². The van der Waals surface area contributed by atoms with Crippen LogP contribution in [-0.4, -0.2) is 30.1 Å². The Kier molecular flexibility index (Phi) is 4.06. The van der Waals surface area contributed by atoms with Crippen molar-refractivity contribution in [3.63, 3.8) is 0 Å². The molecule has 6 heteroatoms. The van der Waals surface area contributed by atoms with Crippen molar-refractivity contribution in [2.24, 2.45) is 5.73 Å². The number of likely N-dealkylation sites (tertiary alicyclic amines) is 1. The summed E-state index contributed by atoms with van der Waals surface area (Å²) in [6, 6.07) is 4.64. The van der Waals surface area contributed by atoms with Crippen LogP contribution in [0.4, 0.5) is 14.9 Å². The highest BCUT2D eigenvalue weighted by atomic mass is 79.9. The lowest BCUT2D eigenvalue weighted by molar-refractivity contribution is 0.193. The molecule has 0 aromatic heterocycles. The molecule has 1 aliphatic rings. The van der Waals surface area contributed by atoms with Gasteiger partial charge < -0.3 is 16.0 Å². The molecule has 1 heterocycles. The maximum absolute atomic E-state index is 13.6. The number of anilines is 1. The Bertz CT molecular complexity index is 427. The van der Waals surface area contributed by atoms with Gasteiger partial charge in [0, 0.05) is 23.6 Å². The number of nitrogens with zero attached hydrogens (tertiary/aromatic N) is 1. The standard InChI is InChI=1S/C12H15BrFN3O/c13-9-2-1-3-10(14)11(9)16-8-4-6-17(7-5-8)12(15)18/h1-3,8,16H,4-7H2,(H2,15,18). The lowest BCUT2D eigenvalue weighted by atomic mass is 10.0. The molecule has 0 unspecified atom stereocenters. The number of amides is 2. The summed E-state index contributed by atoms with van der Waals surface area (Å²) in [6.07, 6.45) is 1.54. The predicted octanol–water partition coefficient (Wildman–Crippen LogP) is 2.54. The van der Waals surface area contributed by atoms with Gasteiger partial charge in [-0.1, -0.05) is 6.07 Å². The Morgan fingerprint density at radius 1 is 1.44 bits per heavy atom. The van der Waals surface area contributed by atoms with Crippen LogP contribution in [0, 0.1) is 5.82 Å². The third-order valence-electron chi connectivity index (χ3n) is 3.12. The van der Waals surface area contributed by atoms with E-state index in [0.717, 1.165) is 12.8 Å². The van der Waals surface area contributed by atoms with Crippen LogP contribution in [0.3, 0.4) is 0 Å². The number of halogens is 2. The predicted molar refractivity (Wildman–Crippen MR) is 71.9 cm³/mol. The van der Waals surface area contributed by atoms with Gasteiger partial charge in [0.15, 0.2) is 0 Å². The maximum Gasteiger partial charge on any atom is 0.314 e. The summed E-state index contributed by atoms with van der Waals surface area (Å²) >= 11 is 3.32. The molecule has 0 bridgehead atoms. The lowest BCUT2D eigenvalue weighted by Gasteiger charge is -2.32. The zero-order valence-corrected chi connectivity index (χ0v) is 11.4. The molecular weight excluding hydrogens is 301 g/mol. The SMILES string of the molecule is NC(=O)N1CCC(Nc2c(F)cccc2Br)CC1. The molecule has 0 aliphatic carbocycles. The van der Waals surface area contributed by atoms with Crippen molar-refractivity contribution >= 4 is 27.6 Å². The van der Waals surface area contributed by atoms with Crippen molar-refractivity contribution in [3.8, 4) is 0 Å². The van der Waals surface area contributed by atoms with E-state index in [-0.39, 0.29) is 17.9 Å². The molecule has 0 atom stereocenters. The molecule has 0 spiro atoms. The van der Waals surface area contributed by atoms with Crippen molar-refractivity contribution in [3.05, 3.63) is 28.5 Å². The average molecular weight is 316 g/mol. The second-order valence-electron chi connectivity index (χ2n) is 4.34. The molecule has 0 radical (unpaired) electrons. The van der Waals surface area contributed by atoms with E-state index < -0.39 is 0 Å². The van der Waals surface area contributed by atoms with Gasteiger partial charge in [-0.05, 0) is 40.9 Å². The molecule has 4 nitrogen and oxygen atoms in total. The van der Waals surface area contributed by atoms with Crippen LogP contribution < -0.4 is 11.1 Å². The van der Waals surface area contributed by atoms with Gasteiger partial charge in [-0.25, -0.2) is 9.18 Å². The minimum Gasteiger partial charge on any atom is -0.379 e. The van der Waals surface area contributed by atoms with Crippen LogP contribution >= 0.6 is 15.9 Å². The van der Waals surface area contributed by atoms with Crippen molar-refractivity contribution in [1.82, 2.24) is 4.90 Å². The number of carbonyl (C=O) groups excluding carboxylic acids is 1. The third-order valence-corrected chi connectivity index (χ3v) is 3.78. The molecule has 1 aromatic rings. The van der Waals surface area contributed by atoms with Gasteiger partial charge in [0.2, 0.25) is 0 Å². The van der Waals surface area contributed by atoms with E-state index in [1.54, 1.807) is 17.0 Å². The topological polar surface area (TPSA) is 58.4 Å². The van der Waals surface area contributed by atoms with E-state index in [2.05, 4.69) is 21.2 Å². The number of hydrogen-bond donors (Lipinski definition) is 2. The van der Waals surface area contributed by atoms with Gasteiger partial charge in [-0.3, -0.25) is 0 Å². The summed E-state index contributed by atoms with van der Waals surface area (Å²) in [5.74, 6) is -0.276. The minimum atomic E-state index is -0.388. The highest BCUT2D eigenvalue weighted by Crippen LogP contribution is 2.27. The van der Waals surface area contributed by atoms with Gasteiger partial charge in [-0.15, -0.1) is 0 Å². The first-order valence-corrected chi connectivity index (χ1v) is 6.62. The first kappa shape index (κ1) is 13.1. The summed E-state index contributed by atoms with van der Waals surface area (Å²) < 4.78 is 14.3. The van der Waals surface area contributed by atoms with Crippen molar-refractivity contribution in [2.45, 2.75) is 18.9 Å². The molecule has 2 amide bonds. The van der Waals surface area contributed by atoms with Crippen LogP contribution in [0.2, 0.25) is 0 Å². The summed E-state index contributed by atoms with van der Waals surface area (Å²) in [7, 11) is 0. The molecule has 18 heavy (non-hydrogen) atoms. The fraction of sp³-hybridized carbons (Fsp3) is 0.417. The second kappa shape index (κ2) is 5.56. The quantitative estimate of drug-likeness (QED) is 0.881. The fourth-order valence-corrected chi connectivity index (χ4v) is 2.54. The largest absolute Gasteiger partial charge is 0.379 e. The van der Waals surface area contributed by atoms with E-state index in [0.29, 0.717) is 23.2 Å². The fourth-order valence-electron chi connectivity index (χ4n) is 2.08. The van der Waals surface area contributed by atoms with Crippen LogP contribution in [0.25, 0.3) is 0 Å². The van der Waals surface area contributed by atoms with Crippen molar-refractivity contribution in [1.29, 1.82) is 0 Å². The number of rotatable bonds is 2. The Morgan fingerprint density at radius 2 is 2.11 bits per heavy atom. The molecular formula is C12H15BrFN3O. The van der Waals surface area contributed by atoms with Gasteiger partial charge >= 0.3 is 6.03 Å². The summed E-state index contributed by atoms with van der Waals surface area (Å²) in [5, 5.41) is 3.18. The number of urea groups is 1. The van der Waals surface area contributed by atoms with E-state index in [1.807, 2.05) is 0 Å². The molecule has 1 aliphatic heterocycles. The van der Waals surface area contributed by atoms with Gasteiger partial charge in [-0.2, -0.15) is 0 Å². The first-order valence-electron chi connectivity index (χ1n) is 5.83. The molecule has 0 saturated carbocycles. The van der Waals surface area contributed by atoms with E-state index >= 15 is 0 Å². The normalized spacial score (nSPS) is 16.7. The van der Waals surface area contributed by atoms with Gasteiger partial charge in [0.25, 0.3) is 0 Å². The van der Waals surface area contributed by atoms with Gasteiger partial charge in [0.1, 0.15) is 5.82 Å². The number of nitrogens with one attached hydrogen (secondary N) is 1. The Morgan fingerprint density at radius 3 is 2.67 bits per heavy atom. The maximum atomic E-state index is 13.6. The Balaban J connectivity index is 1.98. The van der Waals surface area contributed by atoms with E-state index in [4.69, 9.17) is 5.73 Å². The Hall–Kier alpha value is -1.30. The Labute approximate surface area is 113 Å². The monoisotopic (exact) mass is 315 g/mol. The number of primary amides is 1. The number of hydrogen-bond acceptors (Lipinski definition) is 2. The average Bonchev–Trinajstić information content (AvgIpc) is 2.34. The summed E-state index contributed by atoms with van der Waals surface area (Å²) in [4.78, 5) is 12.6. The van der Waals surface area contributed by atoms with Crippen LogP contribution in [-0.2, 0) is 0 Å². The molecule has 2 rings (SSSR count). The molecule has 1 aromatic carbocycles. The highest BCUT2D eigenvalue weighted by Gasteiger charge is 2.22. The van der Waals surface area contributed by atoms with Crippen LogP contribution in [0.5, 0.6) is 0 Å². The molecule has 3 N–H and O–H groups in total. The zero-order chi connectivity index (χ0) is 13.1. The number of piperidine rings is 1. The van der Waals surface area contributed by atoms with Gasteiger partial charge in [0.05, 0.1) is 5.69 Å². The van der Waals surface area contributed by atoms with Crippen molar-refractivity contribution in [2.75, 3.05) is 18.4 Å². The van der Waals surface area contributed by atoms with E-state index in [9.17, 15) is 9.18 Å². The third kappa shape index (κ3) is 2.93. The molecule has 1 fully saturated rings. The van der Waals surface area contributed by atoms with Crippen LogP contribution in [0.15, 0.2) is 22.7 Å². The second-order valence-corrected chi connectivity index (χ2v) is 5.19. The number of para-hydroxylation sites is 1.